The van der Waals surface area contributed by atoms with E-state index in [1.807, 2.05) is 6.20 Å². The molecule has 9 aromatic carbocycles. The Balaban J connectivity index is 1.17. The number of pyridine rings is 1. The fourth-order valence-electron chi connectivity index (χ4n) is 7.90. The fourth-order valence-corrected chi connectivity index (χ4v) is 7.90. The molecule has 0 bridgehead atoms. The van der Waals surface area contributed by atoms with E-state index in [0.29, 0.717) is 0 Å². The van der Waals surface area contributed by atoms with Gasteiger partial charge < -0.3 is 0 Å². The standard InChI is InChI=1S/C51H33N/c1-2-10-34(11-3-1)42-28-29-52-49(33-42)38-22-18-37(19-23-38)41-26-27-47-48(32-41)51(44-25-21-36-13-5-7-15-40(36)31-44)46-17-9-8-16-45(46)50(47)43-24-20-35-12-4-6-14-39(35)30-43/h1-33H. The molecule has 1 aromatic heterocycles. The summed E-state index contributed by atoms with van der Waals surface area (Å²) in [5, 5.41) is 10.00. The molecule has 0 saturated heterocycles. The average molecular weight is 660 g/mol. The number of hydrogen-bond donors (Lipinski definition) is 0. The maximum atomic E-state index is 4.73. The quantitative estimate of drug-likeness (QED) is 0.168. The third-order valence-corrected chi connectivity index (χ3v) is 10.5. The molecule has 10 rings (SSSR count). The number of fused-ring (bicyclic) bond motifs is 4. The molecule has 0 fully saturated rings. The SMILES string of the molecule is c1ccc(-c2ccnc(-c3ccc(-c4ccc5c(-c6ccc7ccccc7c6)c6ccccc6c(-c6ccc7ccccc7c6)c5c4)cc3)c2)cc1. The normalized spacial score (nSPS) is 11.5. The first-order valence-corrected chi connectivity index (χ1v) is 17.9. The van der Waals surface area contributed by atoms with E-state index in [2.05, 4.69) is 194 Å². The van der Waals surface area contributed by atoms with Gasteiger partial charge in [-0.25, -0.2) is 0 Å². The van der Waals surface area contributed by atoms with Gasteiger partial charge in [0.15, 0.2) is 0 Å². The molecule has 1 heteroatoms. The number of benzene rings is 9. The van der Waals surface area contributed by atoms with Crippen molar-refractivity contribution in [2.24, 2.45) is 0 Å². The first-order valence-electron chi connectivity index (χ1n) is 17.9. The molecule has 0 aliphatic heterocycles. The van der Waals surface area contributed by atoms with Crippen molar-refractivity contribution in [2.75, 3.05) is 0 Å². The van der Waals surface area contributed by atoms with Gasteiger partial charge in [-0.3, -0.25) is 4.98 Å². The summed E-state index contributed by atoms with van der Waals surface area (Å²) in [4.78, 5) is 4.73. The third-order valence-electron chi connectivity index (χ3n) is 10.5. The highest BCUT2D eigenvalue weighted by Gasteiger charge is 2.18. The average Bonchev–Trinajstić information content (AvgIpc) is 3.22. The molecule has 0 spiro atoms. The highest BCUT2D eigenvalue weighted by atomic mass is 14.7. The Bertz CT molecular complexity index is 2940. The minimum atomic E-state index is 0.969. The highest BCUT2D eigenvalue weighted by Crippen LogP contribution is 2.45. The van der Waals surface area contributed by atoms with Crippen LogP contribution >= 0.6 is 0 Å². The van der Waals surface area contributed by atoms with E-state index in [9.17, 15) is 0 Å². The fraction of sp³-hybridized carbons (Fsp3) is 0. The smallest absolute Gasteiger partial charge is 0.0708 e. The molecule has 52 heavy (non-hydrogen) atoms. The molecular formula is C51H33N. The van der Waals surface area contributed by atoms with Gasteiger partial charge in [-0.2, -0.15) is 0 Å². The second-order valence-electron chi connectivity index (χ2n) is 13.6. The number of aromatic nitrogens is 1. The molecule has 1 nitrogen and oxygen atoms in total. The van der Waals surface area contributed by atoms with Crippen molar-refractivity contribution in [3.05, 3.63) is 200 Å². The summed E-state index contributed by atoms with van der Waals surface area (Å²) in [6.07, 6.45) is 1.90. The van der Waals surface area contributed by atoms with Gasteiger partial charge in [0, 0.05) is 11.8 Å². The minimum Gasteiger partial charge on any atom is -0.256 e. The molecule has 10 aromatic rings. The summed E-state index contributed by atoms with van der Waals surface area (Å²) >= 11 is 0. The van der Waals surface area contributed by atoms with Gasteiger partial charge in [0.05, 0.1) is 5.69 Å². The van der Waals surface area contributed by atoms with Crippen LogP contribution in [0, 0.1) is 0 Å². The molecule has 1 heterocycles. The molecule has 0 saturated carbocycles. The van der Waals surface area contributed by atoms with Gasteiger partial charge in [0.2, 0.25) is 0 Å². The summed E-state index contributed by atoms with van der Waals surface area (Å²) in [6, 6.07) is 70.6. The predicted octanol–water partition coefficient (Wildman–Crippen LogP) is 14.0. The largest absolute Gasteiger partial charge is 0.256 e. The summed E-state index contributed by atoms with van der Waals surface area (Å²) in [5.74, 6) is 0. The van der Waals surface area contributed by atoms with Crippen LogP contribution in [0.5, 0.6) is 0 Å². The summed E-state index contributed by atoms with van der Waals surface area (Å²) in [6.45, 7) is 0. The minimum absolute atomic E-state index is 0.969. The van der Waals surface area contributed by atoms with Crippen LogP contribution in [-0.2, 0) is 0 Å². The lowest BCUT2D eigenvalue weighted by Gasteiger charge is -2.19. The summed E-state index contributed by atoms with van der Waals surface area (Å²) in [5.41, 5.74) is 11.8. The van der Waals surface area contributed by atoms with Gasteiger partial charge in [-0.05, 0) is 118 Å². The van der Waals surface area contributed by atoms with Gasteiger partial charge >= 0.3 is 0 Å². The van der Waals surface area contributed by atoms with E-state index >= 15 is 0 Å². The zero-order valence-electron chi connectivity index (χ0n) is 28.5. The van der Waals surface area contributed by atoms with Crippen molar-refractivity contribution in [1.82, 2.24) is 4.98 Å². The van der Waals surface area contributed by atoms with Gasteiger partial charge in [0.25, 0.3) is 0 Å². The molecule has 0 unspecified atom stereocenters. The van der Waals surface area contributed by atoms with Crippen molar-refractivity contribution in [2.45, 2.75) is 0 Å². The van der Waals surface area contributed by atoms with Crippen molar-refractivity contribution < 1.29 is 0 Å². The highest BCUT2D eigenvalue weighted by molar-refractivity contribution is 6.22. The number of rotatable bonds is 5. The monoisotopic (exact) mass is 659 g/mol. The van der Waals surface area contributed by atoms with Crippen LogP contribution < -0.4 is 0 Å². The third kappa shape index (κ3) is 5.23. The van der Waals surface area contributed by atoms with E-state index in [-0.39, 0.29) is 0 Å². The van der Waals surface area contributed by atoms with Crippen molar-refractivity contribution in [1.29, 1.82) is 0 Å². The Kier molecular flexibility index (Phi) is 7.22. The zero-order chi connectivity index (χ0) is 34.4. The second kappa shape index (κ2) is 12.5. The zero-order valence-corrected chi connectivity index (χ0v) is 28.5. The van der Waals surface area contributed by atoms with Gasteiger partial charge in [-0.15, -0.1) is 0 Å². The van der Waals surface area contributed by atoms with E-state index in [1.165, 1.54) is 87.6 Å². The Morgan fingerprint density at radius 2 is 0.712 bits per heavy atom. The maximum absolute atomic E-state index is 4.73. The summed E-state index contributed by atoms with van der Waals surface area (Å²) in [7, 11) is 0. The Morgan fingerprint density at radius 1 is 0.250 bits per heavy atom. The molecule has 0 aliphatic rings. The van der Waals surface area contributed by atoms with E-state index < -0.39 is 0 Å². The van der Waals surface area contributed by atoms with Crippen LogP contribution in [0.1, 0.15) is 0 Å². The lowest BCUT2D eigenvalue weighted by Crippen LogP contribution is -1.92. The molecule has 0 N–H and O–H groups in total. The molecule has 0 atom stereocenters. The van der Waals surface area contributed by atoms with Crippen LogP contribution in [-0.4, -0.2) is 4.98 Å². The van der Waals surface area contributed by atoms with E-state index in [0.717, 1.165) is 11.3 Å². The van der Waals surface area contributed by atoms with Crippen molar-refractivity contribution >= 4 is 43.1 Å². The van der Waals surface area contributed by atoms with Crippen LogP contribution in [0.2, 0.25) is 0 Å². The van der Waals surface area contributed by atoms with Crippen LogP contribution in [0.4, 0.5) is 0 Å². The van der Waals surface area contributed by atoms with Crippen molar-refractivity contribution in [3.63, 3.8) is 0 Å². The Hall–Kier alpha value is -6.83. The van der Waals surface area contributed by atoms with E-state index in [1.54, 1.807) is 0 Å². The van der Waals surface area contributed by atoms with Crippen LogP contribution in [0.3, 0.4) is 0 Å². The summed E-state index contributed by atoms with van der Waals surface area (Å²) < 4.78 is 0. The maximum Gasteiger partial charge on any atom is 0.0708 e. The van der Waals surface area contributed by atoms with Gasteiger partial charge in [0.1, 0.15) is 0 Å². The topological polar surface area (TPSA) is 12.9 Å². The van der Waals surface area contributed by atoms with Crippen LogP contribution in [0.15, 0.2) is 200 Å². The molecule has 242 valence electrons. The Labute approximate surface area is 303 Å². The lowest BCUT2D eigenvalue weighted by molar-refractivity contribution is 1.33. The molecule has 0 radical (unpaired) electrons. The number of hydrogen-bond acceptors (Lipinski definition) is 1. The first kappa shape index (κ1) is 30.0. The Morgan fingerprint density at radius 3 is 1.37 bits per heavy atom. The second-order valence-corrected chi connectivity index (χ2v) is 13.6. The van der Waals surface area contributed by atoms with Crippen molar-refractivity contribution in [3.8, 4) is 55.8 Å². The van der Waals surface area contributed by atoms with Crippen LogP contribution in [0.25, 0.3) is 98.9 Å². The lowest BCUT2D eigenvalue weighted by atomic mass is 9.84. The number of nitrogens with zero attached hydrogens (tertiary/aromatic N) is 1. The predicted molar refractivity (Wildman–Crippen MR) is 221 cm³/mol. The molecule has 0 aliphatic carbocycles. The molecule has 0 amide bonds. The first-order chi connectivity index (χ1) is 25.8. The van der Waals surface area contributed by atoms with E-state index in [4.69, 9.17) is 4.98 Å². The molecular weight excluding hydrogens is 627 g/mol. The van der Waals surface area contributed by atoms with Gasteiger partial charge in [-0.1, -0.05) is 164 Å².